The SMILES string of the molecule is CCc1nn2c(c1C)NCCC2c1cnn(CC)c1. The van der Waals surface area contributed by atoms with Crippen LogP contribution >= 0.6 is 0 Å². The van der Waals surface area contributed by atoms with Crippen LogP contribution in [0.3, 0.4) is 0 Å². The molecule has 1 aliphatic heterocycles. The van der Waals surface area contributed by atoms with Gasteiger partial charge in [0, 0.05) is 30.4 Å². The Hall–Kier alpha value is -1.78. The predicted molar refractivity (Wildman–Crippen MR) is 75.5 cm³/mol. The van der Waals surface area contributed by atoms with Crippen LogP contribution in [0.1, 0.15) is 43.1 Å². The second-order valence-corrected chi connectivity index (χ2v) is 5.08. The van der Waals surface area contributed by atoms with Crippen molar-refractivity contribution < 1.29 is 0 Å². The van der Waals surface area contributed by atoms with Crippen LogP contribution in [-0.4, -0.2) is 26.1 Å². The van der Waals surface area contributed by atoms with Gasteiger partial charge in [0.05, 0.1) is 17.9 Å². The third-order valence-corrected chi connectivity index (χ3v) is 3.95. The second-order valence-electron chi connectivity index (χ2n) is 5.08. The molecule has 0 aliphatic carbocycles. The highest BCUT2D eigenvalue weighted by Gasteiger charge is 2.26. The van der Waals surface area contributed by atoms with Gasteiger partial charge in [-0.1, -0.05) is 6.92 Å². The lowest BCUT2D eigenvalue weighted by atomic mass is 10.1. The molecule has 2 aromatic heterocycles. The molecule has 0 saturated carbocycles. The van der Waals surface area contributed by atoms with E-state index in [0.717, 1.165) is 25.9 Å². The van der Waals surface area contributed by atoms with Crippen molar-refractivity contribution in [3.8, 4) is 0 Å². The first-order chi connectivity index (χ1) is 9.24. The van der Waals surface area contributed by atoms with Crippen LogP contribution in [0.2, 0.25) is 0 Å². The lowest BCUT2D eigenvalue weighted by molar-refractivity contribution is 0.477. The minimum absolute atomic E-state index is 0.315. The van der Waals surface area contributed by atoms with Gasteiger partial charge in [-0.25, -0.2) is 4.68 Å². The van der Waals surface area contributed by atoms with E-state index >= 15 is 0 Å². The average Bonchev–Trinajstić information content (AvgIpc) is 3.03. The number of hydrogen-bond acceptors (Lipinski definition) is 3. The summed E-state index contributed by atoms with van der Waals surface area (Å²) in [7, 11) is 0. The summed E-state index contributed by atoms with van der Waals surface area (Å²) >= 11 is 0. The molecule has 1 aliphatic rings. The summed E-state index contributed by atoms with van der Waals surface area (Å²) in [6.45, 7) is 8.33. The number of nitrogens with one attached hydrogen (secondary N) is 1. The average molecular weight is 259 g/mol. The molecule has 102 valence electrons. The van der Waals surface area contributed by atoms with E-state index in [9.17, 15) is 0 Å². The number of rotatable bonds is 3. The van der Waals surface area contributed by atoms with Crippen molar-refractivity contribution in [3.63, 3.8) is 0 Å². The molecule has 0 radical (unpaired) electrons. The van der Waals surface area contributed by atoms with Gasteiger partial charge in [-0.05, 0) is 26.7 Å². The maximum atomic E-state index is 4.78. The van der Waals surface area contributed by atoms with Gasteiger partial charge >= 0.3 is 0 Å². The summed E-state index contributed by atoms with van der Waals surface area (Å²) in [5.74, 6) is 1.18. The topological polar surface area (TPSA) is 47.7 Å². The van der Waals surface area contributed by atoms with E-state index in [1.807, 2.05) is 10.9 Å². The molecule has 0 bridgehead atoms. The van der Waals surface area contributed by atoms with E-state index in [-0.39, 0.29) is 0 Å². The highest BCUT2D eigenvalue weighted by Crippen LogP contribution is 2.32. The zero-order valence-electron chi connectivity index (χ0n) is 11.8. The van der Waals surface area contributed by atoms with Crippen molar-refractivity contribution in [1.29, 1.82) is 0 Å². The van der Waals surface area contributed by atoms with E-state index in [0.29, 0.717) is 6.04 Å². The zero-order chi connectivity index (χ0) is 13.4. The minimum Gasteiger partial charge on any atom is -0.370 e. The smallest absolute Gasteiger partial charge is 0.128 e. The molecule has 0 saturated heterocycles. The molecule has 19 heavy (non-hydrogen) atoms. The highest BCUT2D eigenvalue weighted by molar-refractivity contribution is 5.49. The van der Waals surface area contributed by atoms with Crippen molar-refractivity contribution in [1.82, 2.24) is 19.6 Å². The fourth-order valence-electron chi connectivity index (χ4n) is 2.82. The predicted octanol–water partition coefficient (Wildman–Crippen LogP) is 2.38. The highest BCUT2D eigenvalue weighted by atomic mass is 15.4. The van der Waals surface area contributed by atoms with Crippen molar-refractivity contribution in [2.75, 3.05) is 11.9 Å². The molecule has 5 heteroatoms. The zero-order valence-corrected chi connectivity index (χ0v) is 11.8. The quantitative estimate of drug-likeness (QED) is 0.920. The third kappa shape index (κ3) is 1.93. The fraction of sp³-hybridized carbons (Fsp3) is 0.571. The van der Waals surface area contributed by atoms with Crippen molar-refractivity contribution in [3.05, 3.63) is 29.2 Å². The van der Waals surface area contributed by atoms with Gasteiger partial charge in [-0.2, -0.15) is 10.2 Å². The molecule has 0 fully saturated rings. The van der Waals surface area contributed by atoms with Crippen LogP contribution in [0.25, 0.3) is 0 Å². The minimum atomic E-state index is 0.315. The van der Waals surface area contributed by atoms with E-state index in [1.54, 1.807) is 0 Å². The third-order valence-electron chi connectivity index (χ3n) is 3.95. The van der Waals surface area contributed by atoms with Gasteiger partial charge in [0.2, 0.25) is 0 Å². The van der Waals surface area contributed by atoms with Crippen molar-refractivity contribution in [2.24, 2.45) is 0 Å². The standard InChI is InChI=1S/C14H21N5/c1-4-12-10(3)14-15-7-6-13(19(14)17-12)11-8-16-18(5-2)9-11/h8-9,13,15H,4-7H2,1-3H3. The van der Waals surface area contributed by atoms with Crippen LogP contribution in [0.5, 0.6) is 0 Å². The van der Waals surface area contributed by atoms with E-state index < -0.39 is 0 Å². The van der Waals surface area contributed by atoms with Gasteiger partial charge in [-0.15, -0.1) is 0 Å². The van der Waals surface area contributed by atoms with Gasteiger partial charge in [0.25, 0.3) is 0 Å². The molecule has 1 atom stereocenters. The van der Waals surface area contributed by atoms with Crippen LogP contribution < -0.4 is 5.32 Å². The molecule has 3 heterocycles. The molecule has 1 unspecified atom stereocenters. The van der Waals surface area contributed by atoms with Gasteiger partial charge < -0.3 is 5.32 Å². The van der Waals surface area contributed by atoms with E-state index in [1.165, 1.54) is 22.6 Å². The van der Waals surface area contributed by atoms with Crippen LogP contribution in [0, 0.1) is 6.92 Å². The van der Waals surface area contributed by atoms with Crippen LogP contribution in [-0.2, 0) is 13.0 Å². The summed E-state index contributed by atoms with van der Waals surface area (Å²) < 4.78 is 4.13. The Balaban J connectivity index is 2.02. The summed E-state index contributed by atoms with van der Waals surface area (Å²) in [6.07, 6.45) is 6.16. The Labute approximate surface area is 113 Å². The Morgan fingerprint density at radius 2 is 2.26 bits per heavy atom. The maximum absolute atomic E-state index is 4.78. The molecule has 3 rings (SSSR count). The Morgan fingerprint density at radius 3 is 2.95 bits per heavy atom. The van der Waals surface area contributed by atoms with Crippen LogP contribution in [0.4, 0.5) is 5.82 Å². The fourth-order valence-corrected chi connectivity index (χ4v) is 2.82. The van der Waals surface area contributed by atoms with E-state index in [4.69, 9.17) is 5.10 Å². The molecule has 0 spiro atoms. The van der Waals surface area contributed by atoms with Gasteiger partial charge in [0.15, 0.2) is 0 Å². The summed E-state index contributed by atoms with van der Waals surface area (Å²) in [5, 5.41) is 12.6. The number of nitrogens with zero attached hydrogens (tertiary/aromatic N) is 4. The molecule has 1 N–H and O–H groups in total. The monoisotopic (exact) mass is 259 g/mol. The second kappa shape index (κ2) is 4.72. The largest absolute Gasteiger partial charge is 0.370 e. The number of aromatic nitrogens is 4. The summed E-state index contributed by atoms with van der Waals surface area (Å²) in [5.41, 5.74) is 3.74. The van der Waals surface area contributed by atoms with Crippen LogP contribution in [0.15, 0.2) is 12.4 Å². The van der Waals surface area contributed by atoms with Gasteiger partial charge in [0.1, 0.15) is 5.82 Å². The normalized spacial score (nSPS) is 18.2. The Bertz CT molecular complexity index is 581. The molecule has 0 amide bonds. The molecular weight excluding hydrogens is 238 g/mol. The molecular formula is C14H21N5. The molecule has 2 aromatic rings. The number of hydrogen-bond donors (Lipinski definition) is 1. The lowest BCUT2D eigenvalue weighted by Gasteiger charge is -2.25. The first-order valence-corrected chi connectivity index (χ1v) is 7.08. The lowest BCUT2D eigenvalue weighted by Crippen LogP contribution is -2.24. The maximum Gasteiger partial charge on any atom is 0.128 e. The number of fused-ring (bicyclic) bond motifs is 1. The first kappa shape index (κ1) is 12.3. The summed E-state index contributed by atoms with van der Waals surface area (Å²) in [4.78, 5) is 0. The van der Waals surface area contributed by atoms with E-state index in [2.05, 4.69) is 42.1 Å². The molecule has 0 aromatic carbocycles. The Kier molecular flexibility index (Phi) is 3.05. The number of aryl methyl sites for hydroxylation is 2. The van der Waals surface area contributed by atoms with Crippen molar-refractivity contribution >= 4 is 5.82 Å². The first-order valence-electron chi connectivity index (χ1n) is 7.08. The Morgan fingerprint density at radius 1 is 1.42 bits per heavy atom. The van der Waals surface area contributed by atoms with Gasteiger partial charge in [-0.3, -0.25) is 4.68 Å². The van der Waals surface area contributed by atoms with Crippen molar-refractivity contribution in [2.45, 2.75) is 46.2 Å². The molecule has 5 nitrogen and oxygen atoms in total. The number of anilines is 1. The summed E-state index contributed by atoms with van der Waals surface area (Å²) in [6, 6.07) is 0.315.